The Morgan fingerprint density at radius 3 is 2.55 bits per heavy atom. The summed E-state index contributed by atoms with van der Waals surface area (Å²) in [5.41, 5.74) is 1.27. The normalized spacial score (nSPS) is 13.0. The maximum absolute atomic E-state index is 10.7. The van der Waals surface area contributed by atoms with Gasteiger partial charge in [-0.2, -0.15) is 0 Å². The number of aryl methyl sites for hydroxylation is 1. The summed E-state index contributed by atoms with van der Waals surface area (Å²) in [6.45, 7) is 9.34. The lowest BCUT2D eigenvalue weighted by Crippen LogP contribution is -2.24. The lowest BCUT2D eigenvalue weighted by atomic mass is 9.76. The summed E-state index contributed by atoms with van der Waals surface area (Å²) in [6, 6.07) is 4.00. The Morgan fingerprint density at radius 1 is 1.35 bits per heavy atom. The van der Waals surface area contributed by atoms with Gasteiger partial charge in [0, 0.05) is 19.2 Å². The smallest absolute Gasteiger partial charge is 0.303 e. The predicted molar refractivity (Wildman–Crippen MR) is 81.9 cm³/mol. The van der Waals surface area contributed by atoms with Crippen LogP contribution in [0.2, 0.25) is 0 Å². The molecule has 0 fully saturated rings. The van der Waals surface area contributed by atoms with Crippen molar-refractivity contribution in [1.29, 1.82) is 0 Å². The highest BCUT2D eigenvalue weighted by Crippen LogP contribution is 2.32. The molecule has 112 valence electrons. The fraction of sp³-hybridized carbons (Fsp3) is 0.625. The van der Waals surface area contributed by atoms with Gasteiger partial charge in [0.1, 0.15) is 5.82 Å². The van der Waals surface area contributed by atoms with Crippen LogP contribution in [-0.2, 0) is 4.79 Å². The number of aliphatic carboxylic acids is 1. The van der Waals surface area contributed by atoms with Gasteiger partial charge in [0.25, 0.3) is 0 Å². The molecule has 1 heterocycles. The van der Waals surface area contributed by atoms with Gasteiger partial charge >= 0.3 is 5.97 Å². The van der Waals surface area contributed by atoms with Crippen LogP contribution in [0.15, 0.2) is 18.3 Å². The second kappa shape index (κ2) is 7.27. The van der Waals surface area contributed by atoms with Gasteiger partial charge in [-0.05, 0) is 42.7 Å². The molecule has 0 aliphatic rings. The zero-order chi connectivity index (χ0) is 15.2. The number of carbonyl (C=O) groups is 1. The molecule has 0 aliphatic carbocycles. The van der Waals surface area contributed by atoms with E-state index in [-0.39, 0.29) is 11.8 Å². The van der Waals surface area contributed by atoms with Crippen LogP contribution in [0.1, 0.15) is 45.6 Å². The van der Waals surface area contributed by atoms with E-state index in [2.05, 4.69) is 31.1 Å². The molecule has 0 aromatic carbocycles. The summed E-state index contributed by atoms with van der Waals surface area (Å²) in [7, 11) is 0. The van der Waals surface area contributed by atoms with Crippen LogP contribution in [0.25, 0.3) is 0 Å². The Labute approximate surface area is 121 Å². The second-order valence-corrected chi connectivity index (χ2v) is 6.43. The van der Waals surface area contributed by atoms with E-state index in [1.807, 2.05) is 25.3 Å². The quantitative estimate of drug-likeness (QED) is 0.798. The Bertz CT molecular complexity index is 421. The number of pyridine rings is 1. The minimum absolute atomic E-state index is 0.123. The van der Waals surface area contributed by atoms with Gasteiger partial charge in [-0.15, -0.1) is 0 Å². The van der Waals surface area contributed by atoms with Crippen LogP contribution in [0.3, 0.4) is 0 Å². The standard InChI is InChI=1S/C16H26N2O2/c1-12-5-7-14(18-11-12)17-10-9-13(16(2,3)4)6-8-15(19)20/h5,7,11,13H,6,8-10H2,1-4H3,(H,17,18)(H,19,20). The highest BCUT2D eigenvalue weighted by molar-refractivity contribution is 5.66. The molecule has 1 rings (SSSR count). The van der Waals surface area contributed by atoms with Gasteiger partial charge in [0.2, 0.25) is 0 Å². The molecule has 1 atom stereocenters. The molecule has 0 saturated carbocycles. The number of anilines is 1. The molecule has 0 amide bonds. The van der Waals surface area contributed by atoms with E-state index < -0.39 is 5.97 Å². The maximum Gasteiger partial charge on any atom is 0.303 e. The molecule has 1 aromatic heterocycles. The average Bonchev–Trinajstić information content (AvgIpc) is 2.34. The highest BCUT2D eigenvalue weighted by atomic mass is 16.4. The van der Waals surface area contributed by atoms with Crippen molar-refractivity contribution < 1.29 is 9.90 Å². The molecule has 0 radical (unpaired) electrons. The summed E-state index contributed by atoms with van der Waals surface area (Å²) in [5, 5.41) is 12.1. The number of nitrogens with one attached hydrogen (secondary N) is 1. The Kier molecular flexibility index (Phi) is 5.99. The SMILES string of the molecule is Cc1ccc(NCCC(CCC(=O)O)C(C)(C)C)nc1. The van der Waals surface area contributed by atoms with Gasteiger partial charge in [0.15, 0.2) is 0 Å². The fourth-order valence-corrected chi connectivity index (χ4v) is 2.25. The van der Waals surface area contributed by atoms with E-state index in [1.165, 1.54) is 0 Å². The summed E-state index contributed by atoms with van der Waals surface area (Å²) >= 11 is 0. The zero-order valence-corrected chi connectivity index (χ0v) is 12.9. The van der Waals surface area contributed by atoms with Crippen LogP contribution in [0.4, 0.5) is 5.82 Å². The molecule has 0 spiro atoms. The minimum Gasteiger partial charge on any atom is -0.481 e. The van der Waals surface area contributed by atoms with Gasteiger partial charge in [-0.1, -0.05) is 26.8 Å². The van der Waals surface area contributed by atoms with Gasteiger partial charge in [0.05, 0.1) is 0 Å². The lowest BCUT2D eigenvalue weighted by Gasteiger charge is -2.30. The Balaban J connectivity index is 2.45. The largest absolute Gasteiger partial charge is 0.481 e. The third-order valence-electron chi connectivity index (χ3n) is 3.64. The van der Waals surface area contributed by atoms with Crippen molar-refractivity contribution in [3.8, 4) is 0 Å². The van der Waals surface area contributed by atoms with E-state index in [9.17, 15) is 4.79 Å². The molecular formula is C16H26N2O2. The molecule has 1 unspecified atom stereocenters. The first kappa shape index (κ1) is 16.5. The van der Waals surface area contributed by atoms with Gasteiger partial charge in [-0.3, -0.25) is 4.79 Å². The molecule has 2 N–H and O–H groups in total. The number of rotatable bonds is 7. The topological polar surface area (TPSA) is 62.2 Å². The third-order valence-corrected chi connectivity index (χ3v) is 3.64. The molecule has 4 heteroatoms. The van der Waals surface area contributed by atoms with Crippen molar-refractivity contribution in [2.45, 2.75) is 47.0 Å². The van der Waals surface area contributed by atoms with Crippen LogP contribution in [0, 0.1) is 18.3 Å². The number of carboxylic acid groups (broad SMARTS) is 1. The number of hydrogen-bond donors (Lipinski definition) is 2. The van der Waals surface area contributed by atoms with Crippen LogP contribution in [-0.4, -0.2) is 22.6 Å². The minimum atomic E-state index is -0.715. The second-order valence-electron chi connectivity index (χ2n) is 6.43. The molecule has 1 aromatic rings. The number of carboxylic acids is 1. The summed E-state index contributed by atoms with van der Waals surface area (Å²) in [4.78, 5) is 15.0. The number of nitrogens with zero attached hydrogens (tertiary/aromatic N) is 1. The third kappa shape index (κ3) is 6.04. The molecule has 4 nitrogen and oxygen atoms in total. The van der Waals surface area contributed by atoms with E-state index >= 15 is 0 Å². The fourth-order valence-electron chi connectivity index (χ4n) is 2.25. The van der Waals surface area contributed by atoms with Crippen molar-refractivity contribution in [1.82, 2.24) is 4.98 Å². The first-order valence-electron chi connectivity index (χ1n) is 7.17. The van der Waals surface area contributed by atoms with Crippen molar-refractivity contribution in [2.24, 2.45) is 11.3 Å². The van der Waals surface area contributed by atoms with Crippen LogP contribution >= 0.6 is 0 Å². The number of hydrogen-bond acceptors (Lipinski definition) is 3. The first-order chi connectivity index (χ1) is 9.29. The highest BCUT2D eigenvalue weighted by Gasteiger charge is 2.24. The van der Waals surface area contributed by atoms with E-state index in [0.717, 1.165) is 30.8 Å². The summed E-state index contributed by atoms with van der Waals surface area (Å²) < 4.78 is 0. The summed E-state index contributed by atoms with van der Waals surface area (Å²) in [6.07, 6.45) is 3.76. The monoisotopic (exact) mass is 278 g/mol. The average molecular weight is 278 g/mol. The van der Waals surface area contributed by atoms with Crippen molar-refractivity contribution in [2.75, 3.05) is 11.9 Å². The van der Waals surface area contributed by atoms with Crippen LogP contribution < -0.4 is 5.32 Å². The van der Waals surface area contributed by atoms with E-state index in [0.29, 0.717) is 5.92 Å². The Hall–Kier alpha value is -1.58. The summed E-state index contributed by atoms with van der Waals surface area (Å²) in [5.74, 6) is 0.547. The van der Waals surface area contributed by atoms with E-state index in [1.54, 1.807) is 0 Å². The molecule has 20 heavy (non-hydrogen) atoms. The molecular weight excluding hydrogens is 252 g/mol. The van der Waals surface area contributed by atoms with Crippen molar-refractivity contribution >= 4 is 11.8 Å². The van der Waals surface area contributed by atoms with Gasteiger partial charge < -0.3 is 10.4 Å². The molecule has 0 aliphatic heterocycles. The number of aromatic nitrogens is 1. The van der Waals surface area contributed by atoms with Crippen molar-refractivity contribution in [3.63, 3.8) is 0 Å². The lowest BCUT2D eigenvalue weighted by molar-refractivity contribution is -0.137. The molecule has 0 saturated heterocycles. The zero-order valence-electron chi connectivity index (χ0n) is 12.9. The molecule has 0 bridgehead atoms. The first-order valence-corrected chi connectivity index (χ1v) is 7.17. The van der Waals surface area contributed by atoms with Crippen molar-refractivity contribution in [3.05, 3.63) is 23.9 Å². The van der Waals surface area contributed by atoms with Gasteiger partial charge in [-0.25, -0.2) is 4.98 Å². The maximum atomic E-state index is 10.7. The Morgan fingerprint density at radius 2 is 2.05 bits per heavy atom. The van der Waals surface area contributed by atoms with E-state index in [4.69, 9.17) is 5.11 Å². The van der Waals surface area contributed by atoms with Crippen LogP contribution in [0.5, 0.6) is 0 Å². The predicted octanol–water partition coefficient (Wildman–Crippen LogP) is 3.72.